The molecule has 1 heterocycles. The molecule has 4 nitrogen and oxygen atoms in total. The first-order valence-corrected chi connectivity index (χ1v) is 4.83. The van der Waals surface area contributed by atoms with Crippen molar-refractivity contribution in [3.8, 4) is 11.4 Å². The number of hydrogen-bond donors (Lipinski definition) is 1. The summed E-state index contributed by atoms with van der Waals surface area (Å²) in [5.74, 6) is 0.862. The van der Waals surface area contributed by atoms with E-state index >= 15 is 0 Å². The summed E-state index contributed by atoms with van der Waals surface area (Å²) in [7, 11) is 0. The zero-order valence-corrected chi connectivity index (χ0v) is 8.55. The van der Waals surface area contributed by atoms with E-state index in [1.807, 2.05) is 31.2 Å². The smallest absolute Gasteiger partial charge is 0.119 e. The molecule has 0 aliphatic carbocycles. The van der Waals surface area contributed by atoms with E-state index in [1.165, 1.54) is 0 Å². The molecule has 0 amide bonds. The van der Waals surface area contributed by atoms with Crippen molar-refractivity contribution in [2.24, 2.45) is 0 Å². The zero-order chi connectivity index (χ0) is 10.7. The van der Waals surface area contributed by atoms with Crippen LogP contribution in [0.15, 0.2) is 36.7 Å². The van der Waals surface area contributed by atoms with Crippen LogP contribution in [0, 0.1) is 0 Å². The summed E-state index contributed by atoms with van der Waals surface area (Å²) in [5.41, 5.74) is 7.21. The molecular formula is C11H13N3O. The first-order valence-electron chi connectivity index (χ1n) is 4.83. The largest absolute Gasteiger partial charge is 0.494 e. The van der Waals surface area contributed by atoms with Crippen LogP contribution in [0.1, 0.15) is 6.92 Å². The van der Waals surface area contributed by atoms with Gasteiger partial charge in [-0.3, -0.25) is 0 Å². The molecule has 0 atom stereocenters. The van der Waals surface area contributed by atoms with Crippen LogP contribution in [-0.2, 0) is 0 Å². The molecule has 0 saturated heterocycles. The van der Waals surface area contributed by atoms with Crippen molar-refractivity contribution < 1.29 is 4.74 Å². The van der Waals surface area contributed by atoms with Gasteiger partial charge in [0.2, 0.25) is 0 Å². The van der Waals surface area contributed by atoms with Crippen LogP contribution in [0.4, 0.5) is 5.69 Å². The first-order chi connectivity index (χ1) is 7.29. The minimum atomic E-state index is 0.656. The molecule has 0 aliphatic heterocycles. The molecule has 0 saturated carbocycles. The number of nitrogen functional groups attached to an aromatic ring is 1. The maximum Gasteiger partial charge on any atom is 0.119 e. The Balaban J connectivity index is 2.23. The highest BCUT2D eigenvalue weighted by Gasteiger charge is 1.98. The molecule has 15 heavy (non-hydrogen) atoms. The molecule has 0 aliphatic rings. The van der Waals surface area contributed by atoms with Crippen LogP contribution in [0.5, 0.6) is 5.75 Å². The van der Waals surface area contributed by atoms with E-state index in [4.69, 9.17) is 10.5 Å². The number of ether oxygens (including phenoxy) is 1. The lowest BCUT2D eigenvalue weighted by Gasteiger charge is -2.04. The second kappa shape index (κ2) is 4.04. The Kier molecular flexibility index (Phi) is 2.58. The standard InChI is InChI=1S/C11H13N3O/c1-2-15-11-5-3-10(4-6-11)14-8-9(12)7-13-14/h3-8H,2,12H2,1H3. The van der Waals surface area contributed by atoms with Crippen molar-refractivity contribution in [2.75, 3.05) is 12.3 Å². The second-order valence-corrected chi connectivity index (χ2v) is 3.15. The number of nitrogens with two attached hydrogens (primary N) is 1. The van der Waals surface area contributed by atoms with Crippen molar-refractivity contribution >= 4 is 5.69 Å². The van der Waals surface area contributed by atoms with Gasteiger partial charge in [-0.05, 0) is 31.2 Å². The summed E-state index contributed by atoms with van der Waals surface area (Å²) in [6, 6.07) is 7.71. The Bertz CT molecular complexity index is 433. The highest BCUT2D eigenvalue weighted by Crippen LogP contribution is 2.15. The van der Waals surface area contributed by atoms with Crippen LogP contribution in [0.25, 0.3) is 5.69 Å². The van der Waals surface area contributed by atoms with Crippen molar-refractivity contribution in [1.82, 2.24) is 9.78 Å². The van der Waals surface area contributed by atoms with Crippen molar-refractivity contribution in [3.05, 3.63) is 36.7 Å². The number of rotatable bonds is 3. The highest BCUT2D eigenvalue weighted by molar-refractivity contribution is 5.40. The molecule has 2 aromatic rings. The normalized spacial score (nSPS) is 10.2. The number of aromatic nitrogens is 2. The molecule has 2 rings (SSSR count). The Labute approximate surface area is 88.3 Å². The Hall–Kier alpha value is -1.97. The lowest BCUT2D eigenvalue weighted by Crippen LogP contribution is -1.95. The fourth-order valence-corrected chi connectivity index (χ4v) is 1.34. The van der Waals surface area contributed by atoms with Crippen molar-refractivity contribution in [1.29, 1.82) is 0 Å². The topological polar surface area (TPSA) is 53.1 Å². The summed E-state index contributed by atoms with van der Waals surface area (Å²) < 4.78 is 7.07. The molecular weight excluding hydrogens is 190 g/mol. The van der Waals surface area contributed by atoms with Gasteiger partial charge in [0, 0.05) is 0 Å². The van der Waals surface area contributed by atoms with Gasteiger partial charge in [-0.15, -0.1) is 0 Å². The number of hydrogen-bond acceptors (Lipinski definition) is 3. The number of anilines is 1. The average molecular weight is 203 g/mol. The van der Waals surface area contributed by atoms with Crippen LogP contribution >= 0.6 is 0 Å². The highest BCUT2D eigenvalue weighted by atomic mass is 16.5. The fourth-order valence-electron chi connectivity index (χ4n) is 1.34. The predicted molar refractivity (Wildman–Crippen MR) is 59.1 cm³/mol. The first kappa shape index (κ1) is 9.58. The van der Waals surface area contributed by atoms with Crippen LogP contribution in [0.2, 0.25) is 0 Å². The third-order valence-corrected chi connectivity index (χ3v) is 2.01. The molecule has 4 heteroatoms. The van der Waals surface area contributed by atoms with Gasteiger partial charge < -0.3 is 10.5 Å². The molecule has 0 fully saturated rings. The van der Waals surface area contributed by atoms with Gasteiger partial charge in [-0.25, -0.2) is 4.68 Å². The zero-order valence-electron chi connectivity index (χ0n) is 8.55. The van der Waals surface area contributed by atoms with Gasteiger partial charge >= 0.3 is 0 Å². The van der Waals surface area contributed by atoms with E-state index in [0.29, 0.717) is 12.3 Å². The van der Waals surface area contributed by atoms with E-state index in [-0.39, 0.29) is 0 Å². The maximum absolute atomic E-state index is 5.59. The second-order valence-electron chi connectivity index (χ2n) is 3.15. The monoisotopic (exact) mass is 203 g/mol. The summed E-state index contributed by atoms with van der Waals surface area (Å²) in [5, 5.41) is 4.11. The van der Waals surface area contributed by atoms with Gasteiger partial charge in [-0.2, -0.15) is 5.10 Å². The molecule has 2 N–H and O–H groups in total. The Morgan fingerprint density at radius 2 is 2.07 bits per heavy atom. The summed E-state index contributed by atoms with van der Waals surface area (Å²) in [6.07, 6.45) is 3.39. The average Bonchev–Trinajstić information content (AvgIpc) is 2.67. The molecule has 0 unspecified atom stereocenters. The maximum atomic E-state index is 5.59. The Morgan fingerprint density at radius 1 is 1.33 bits per heavy atom. The van der Waals surface area contributed by atoms with Crippen molar-refractivity contribution in [3.63, 3.8) is 0 Å². The third-order valence-electron chi connectivity index (χ3n) is 2.01. The van der Waals surface area contributed by atoms with E-state index in [1.54, 1.807) is 17.1 Å². The fraction of sp³-hybridized carbons (Fsp3) is 0.182. The van der Waals surface area contributed by atoms with Gasteiger partial charge in [0.05, 0.1) is 30.4 Å². The van der Waals surface area contributed by atoms with E-state index < -0.39 is 0 Å². The van der Waals surface area contributed by atoms with Gasteiger partial charge in [0.15, 0.2) is 0 Å². The number of benzene rings is 1. The molecule has 1 aromatic carbocycles. The lowest BCUT2D eigenvalue weighted by atomic mass is 10.3. The molecule has 0 spiro atoms. The molecule has 0 bridgehead atoms. The van der Waals surface area contributed by atoms with Crippen molar-refractivity contribution in [2.45, 2.75) is 6.92 Å². The summed E-state index contributed by atoms with van der Waals surface area (Å²) in [4.78, 5) is 0. The van der Waals surface area contributed by atoms with Gasteiger partial charge in [0.1, 0.15) is 5.75 Å². The van der Waals surface area contributed by atoms with Crippen LogP contribution < -0.4 is 10.5 Å². The predicted octanol–water partition coefficient (Wildman–Crippen LogP) is 1.85. The van der Waals surface area contributed by atoms with E-state index in [2.05, 4.69) is 5.10 Å². The number of nitrogens with zero attached hydrogens (tertiary/aromatic N) is 2. The Morgan fingerprint density at radius 3 is 2.60 bits per heavy atom. The SMILES string of the molecule is CCOc1ccc(-n2cc(N)cn2)cc1. The quantitative estimate of drug-likeness (QED) is 0.828. The molecule has 78 valence electrons. The molecule has 0 radical (unpaired) electrons. The summed E-state index contributed by atoms with van der Waals surface area (Å²) in [6.45, 7) is 2.64. The van der Waals surface area contributed by atoms with Crippen LogP contribution in [0.3, 0.4) is 0 Å². The van der Waals surface area contributed by atoms with Gasteiger partial charge in [0.25, 0.3) is 0 Å². The van der Waals surface area contributed by atoms with E-state index in [9.17, 15) is 0 Å². The van der Waals surface area contributed by atoms with Gasteiger partial charge in [-0.1, -0.05) is 0 Å². The van der Waals surface area contributed by atoms with Crippen LogP contribution in [-0.4, -0.2) is 16.4 Å². The summed E-state index contributed by atoms with van der Waals surface area (Å²) >= 11 is 0. The molecule has 1 aromatic heterocycles. The minimum Gasteiger partial charge on any atom is -0.494 e. The van der Waals surface area contributed by atoms with E-state index in [0.717, 1.165) is 11.4 Å². The lowest BCUT2D eigenvalue weighted by molar-refractivity contribution is 0.340. The third kappa shape index (κ3) is 2.10. The minimum absolute atomic E-state index is 0.656.